The Labute approximate surface area is 158 Å². The van der Waals surface area contributed by atoms with Gasteiger partial charge in [0.05, 0.1) is 25.5 Å². The smallest absolute Gasteiger partial charge is 0.238 e. The summed E-state index contributed by atoms with van der Waals surface area (Å²) < 4.78 is 16.3. The number of aromatic nitrogens is 2. The van der Waals surface area contributed by atoms with Gasteiger partial charge in [0.15, 0.2) is 5.76 Å². The molecular formula is C19H26N4O4. The number of aryl methyl sites for hydroxylation is 1. The zero-order chi connectivity index (χ0) is 18.6. The number of hydrogen-bond donors (Lipinski definition) is 0. The summed E-state index contributed by atoms with van der Waals surface area (Å²) in [5.74, 6) is 1.56. The number of rotatable bonds is 6. The number of hydrogen-bond acceptors (Lipinski definition) is 7. The number of carbonyl (C=O) groups excluding carboxylic acids is 1. The van der Waals surface area contributed by atoms with Gasteiger partial charge in [0.2, 0.25) is 17.6 Å². The molecule has 2 aliphatic heterocycles. The van der Waals surface area contributed by atoms with Crippen molar-refractivity contribution in [2.24, 2.45) is 0 Å². The van der Waals surface area contributed by atoms with Gasteiger partial charge < -0.3 is 18.6 Å². The van der Waals surface area contributed by atoms with Gasteiger partial charge in [0, 0.05) is 38.5 Å². The molecule has 146 valence electrons. The fourth-order valence-electron chi connectivity index (χ4n) is 3.98. The molecule has 0 N–H and O–H groups in total. The molecule has 2 atom stereocenters. The Morgan fingerprint density at radius 2 is 2.26 bits per heavy atom. The number of morpholine rings is 1. The highest BCUT2D eigenvalue weighted by Crippen LogP contribution is 2.22. The maximum absolute atomic E-state index is 12.6. The van der Waals surface area contributed by atoms with Gasteiger partial charge >= 0.3 is 0 Å². The summed E-state index contributed by atoms with van der Waals surface area (Å²) in [7, 11) is 0. The molecule has 2 aromatic heterocycles. The lowest BCUT2D eigenvalue weighted by molar-refractivity contribution is -0.140. The second-order valence-corrected chi connectivity index (χ2v) is 7.20. The first-order chi connectivity index (χ1) is 13.2. The molecule has 0 radical (unpaired) electrons. The Hall–Kier alpha value is -2.19. The number of fused-ring (bicyclic) bond motifs is 1. The van der Waals surface area contributed by atoms with Crippen LogP contribution in [0.2, 0.25) is 0 Å². The summed E-state index contributed by atoms with van der Waals surface area (Å²) in [6, 6.07) is 4.35. The molecule has 4 heterocycles. The summed E-state index contributed by atoms with van der Waals surface area (Å²) in [6.07, 6.45) is 4.68. The second kappa shape index (κ2) is 8.22. The lowest BCUT2D eigenvalue weighted by atomic mass is 10.0. The Balaban J connectivity index is 1.29. The third-order valence-corrected chi connectivity index (χ3v) is 5.35. The summed E-state index contributed by atoms with van der Waals surface area (Å²) in [4.78, 5) is 21.4. The number of piperazine rings is 1. The van der Waals surface area contributed by atoms with Crippen LogP contribution in [-0.2, 0) is 16.0 Å². The number of nitrogens with zero attached hydrogens (tertiary/aromatic N) is 4. The van der Waals surface area contributed by atoms with Crippen molar-refractivity contribution < 1.29 is 18.5 Å². The van der Waals surface area contributed by atoms with E-state index in [4.69, 9.17) is 13.7 Å². The minimum Gasteiger partial charge on any atom is -0.461 e. The molecule has 2 aromatic rings. The Bertz CT molecular complexity index is 743. The maximum Gasteiger partial charge on any atom is 0.238 e. The van der Waals surface area contributed by atoms with Gasteiger partial charge in [-0.25, -0.2) is 0 Å². The van der Waals surface area contributed by atoms with Gasteiger partial charge in [0.1, 0.15) is 0 Å². The average Bonchev–Trinajstić information content (AvgIpc) is 3.38. The Morgan fingerprint density at radius 3 is 3.07 bits per heavy atom. The second-order valence-electron chi connectivity index (χ2n) is 7.20. The molecule has 0 spiro atoms. The van der Waals surface area contributed by atoms with Crippen LogP contribution >= 0.6 is 0 Å². The quantitative estimate of drug-likeness (QED) is 0.764. The predicted octanol–water partition coefficient (Wildman–Crippen LogP) is 1.97. The molecule has 0 aromatic carbocycles. The minimum atomic E-state index is 0.130. The zero-order valence-electron chi connectivity index (χ0n) is 15.7. The van der Waals surface area contributed by atoms with E-state index in [9.17, 15) is 4.79 Å². The van der Waals surface area contributed by atoms with Crippen LogP contribution in [0.15, 0.2) is 27.3 Å². The first kappa shape index (κ1) is 18.2. The van der Waals surface area contributed by atoms with Gasteiger partial charge in [-0.15, -0.1) is 0 Å². The lowest BCUT2D eigenvalue weighted by Gasteiger charge is -2.48. The lowest BCUT2D eigenvalue weighted by Crippen LogP contribution is -2.62. The minimum absolute atomic E-state index is 0.130. The summed E-state index contributed by atoms with van der Waals surface area (Å²) in [5.41, 5.74) is 0. The van der Waals surface area contributed by atoms with Crippen molar-refractivity contribution in [3.63, 3.8) is 0 Å². The van der Waals surface area contributed by atoms with E-state index in [1.54, 1.807) is 18.4 Å². The van der Waals surface area contributed by atoms with Crippen LogP contribution in [0.3, 0.4) is 0 Å². The van der Waals surface area contributed by atoms with Crippen LogP contribution in [0.25, 0.3) is 11.6 Å². The molecule has 4 rings (SSSR count). The van der Waals surface area contributed by atoms with Crippen LogP contribution in [-0.4, -0.2) is 70.8 Å². The molecule has 0 saturated carbocycles. The highest BCUT2D eigenvalue weighted by Gasteiger charge is 2.36. The van der Waals surface area contributed by atoms with E-state index < -0.39 is 0 Å². The van der Waals surface area contributed by atoms with E-state index in [0.717, 1.165) is 39.1 Å². The van der Waals surface area contributed by atoms with Gasteiger partial charge in [0.25, 0.3) is 0 Å². The molecule has 2 unspecified atom stereocenters. The monoisotopic (exact) mass is 374 g/mol. The third kappa shape index (κ3) is 4.06. The van der Waals surface area contributed by atoms with Gasteiger partial charge in [-0.1, -0.05) is 18.5 Å². The SMILES string of the molecule is CCCC1COCC2CN(C(=O)CCc3nc(-c4ccco4)no3)CCN12. The van der Waals surface area contributed by atoms with Crippen molar-refractivity contribution in [1.29, 1.82) is 0 Å². The van der Waals surface area contributed by atoms with Crippen molar-refractivity contribution >= 4 is 5.91 Å². The molecule has 8 heteroatoms. The number of carbonyl (C=O) groups is 1. The molecule has 2 fully saturated rings. The topological polar surface area (TPSA) is 84.8 Å². The van der Waals surface area contributed by atoms with E-state index in [2.05, 4.69) is 22.0 Å². The first-order valence-electron chi connectivity index (χ1n) is 9.72. The normalized spacial score (nSPS) is 23.4. The molecule has 8 nitrogen and oxygen atoms in total. The first-order valence-corrected chi connectivity index (χ1v) is 9.72. The predicted molar refractivity (Wildman–Crippen MR) is 96.9 cm³/mol. The standard InChI is InChI=1S/C19H26N4O4/c1-2-4-14-12-25-13-15-11-22(8-9-23(14)15)18(24)7-6-17-20-19(21-27-17)16-5-3-10-26-16/h3,5,10,14-15H,2,4,6-9,11-13H2,1H3. The molecule has 2 saturated heterocycles. The molecule has 27 heavy (non-hydrogen) atoms. The van der Waals surface area contributed by atoms with Crippen LogP contribution in [0.1, 0.15) is 32.1 Å². The highest BCUT2D eigenvalue weighted by atomic mass is 16.5. The van der Waals surface area contributed by atoms with Crippen LogP contribution < -0.4 is 0 Å². The summed E-state index contributed by atoms with van der Waals surface area (Å²) in [6.45, 7) is 6.16. The fraction of sp³-hybridized carbons (Fsp3) is 0.632. The van der Waals surface area contributed by atoms with Gasteiger partial charge in [-0.3, -0.25) is 9.69 Å². The molecular weight excluding hydrogens is 348 g/mol. The fourth-order valence-corrected chi connectivity index (χ4v) is 3.98. The van der Waals surface area contributed by atoms with E-state index in [-0.39, 0.29) is 5.91 Å². The highest BCUT2D eigenvalue weighted by molar-refractivity contribution is 5.76. The zero-order valence-corrected chi connectivity index (χ0v) is 15.7. The van der Waals surface area contributed by atoms with Crippen molar-refractivity contribution in [3.05, 3.63) is 24.3 Å². The molecule has 0 aliphatic carbocycles. The van der Waals surface area contributed by atoms with Gasteiger partial charge in [-0.05, 0) is 18.6 Å². The Kier molecular flexibility index (Phi) is 5.54. The van der Waals surface area contributed by atoms with E-state index in [0.29, 0.717) is 49.0 Å². The van der Waals surface area contributed by atoms with Crippen LogP contribution in [0.4, 0.5) is 0 Å². The van der Waals surface area contributed by atoms with Crippen LogP contribution in [0, 0.1) is 0 Å². The largest absolute Gasteiger partial charge is 0.461 e. The van der Waals surface area contributed by atoms with Crippen molar-refractivity contribution in [2.75, 3.05) is 32.8 Å². The molecule has 1 amide bonds. The summed E-state index contributed by atoms with van der Waals surface area (Å²) in [5, 5.41) is 3.90. The Morgan fingerprint density at radius 1 is 1.33 bits per heavy atom. The number of furan rings is 1. The van der Waals surface area contributed by atoms with Crippen molar-refractivity contribution in [1.82, 2.24) is 19.9 Å². The number of amides is 1. The van der Waals surface area contributed by atoms with Crippen molar-refractivity contribution in [2.45, 2.75) is 44.7 Å². The summed E-state index contributed by atoms with van der Waals surface area (Å²) >= 11 is 0. The third-order valence-electron chi connectivity index (χ3n) is 5.35. The number of ether oxygens (including phenoxy) is 1. The van der Waals surface area contributed by atoms with Crippen LogP contribution in [0.5, 0.6) is 0 Å². The van der Waals surface area contributed by atoms with Gasteiger partial charge in [-0.2, -0.15) is 4.98 Å². The van der Waals surface area contributed by atoms with E-state index in [1.165, 1.54) is 0 Å². The molecule has 2 aliphatic rings. The van der Waals surface area contributed by atoms with E-state index >= 15 is 0 Å². The maximum atomic E-state index is 12.6. The van der Waals surface area contributed by atoms with E-state index in [1.807, 2.05) is 4.90 Å². The van der Waals surface area contributed by atoms with Crippen molar-refractivity contribution in [3.8, 4) is 11.6 Å². The molecule has 0 bridgehead atoms. The average molecular weight is 374 g/mol.